The monoisotopic (exact) mass is 611 g/mol. The molecule has 0 aromatic carbocycles. The molecule has 6 aliphatic rings. The normalized spacial score (nSPS) is 38.6. The summed E-state index contributed by atoms with van der Waals surface area (Å²) in [6.07, 6.45) is 45.6. The van der Waals surface area contributed by atoms with Crippen molar-refractivity contribution in [1.29, 1.82) is 0 Å². The number of nitrogens with two attached hydrogens (primary N) is 1. The summed E-state index contributed by atoms with van der Waals surface area (Å²) in [5, 5.41) is 4.26. The van der Waals surface area contributed by atoms with Crippen LogP contribution in [-0.2, 0) is 0 Å². The molecule has 11 unspecified atom stereocenters. The van der Waals surface area contributed by atoms with Crippen molar-refractivity contribution in [2.75, 3.05) is 6.54 Å². The molecule has 2 heteroatoms. The van der Waals surface area contributed by atoms with E-state index in [1.54, 1.807) is 0 Å². The summed E-state index contributed by atoms with van der Waals surface area (Å²) >= 11 is 0. The molecule has 0 amide bonds. The summed E-state index contributed by atoms with van der Waals surface area (Å²) in [6.45, 7) is 8.43. The Balaban J connectivity index is 1.12. The second-order valence-corrected chi connectivity index (χ2v) is 16.3. The molecule has 0 bridgehead atoms. The van der Waals surface area contributed by atoms with Crippen LogP contribution in [-0.4, -0.2) is 18.6 Å². The first-order chi connectivity index (χ1) is 22.1. The van der Waals surface area contributed by atoms with E-state index in [0.29, 0.717) is 18.0 Å². The van der Waals surface area contributed by atoms with Gasteiger partial charge in [0.05, 0.1) is 0 Å². The molecule has 0 aromatic heterocycles. The largest absolute Gasteiger partial charge is 0.330 e. The summed E-state index contributed by atoms with van der Waals surface area (Å²) in [5.74, 6) is 8.87. The van der Waals surface area contributed by atoms with Gasteiger partial charge in [-0.1, -0.05) is 93.5 Å². The van der Waals surface area contributed by atoms with Crippen LogP contribution in [0, 0.1) is 65.1 Å². The number of rotatable bonds is 12. The summed E-state index contributed by atoms with van der Waals surface area (Å²) in [6, 6.07) is 1.04. The molecule has 0 spiro atoms. The number of nitrogens with one attached hydrogen (secondary N) is 1. The Morgan fingerprint density at radius 3 is 2.40 bits per heavy atom. The molecule has 45 heavy (non-hydrogen) atoms. The van der Waals surface area contributed by atoms with Crippen molar-refractivity contribution in [3.8, 4) is 0 Å². The molecule has 0 aromatic rings. The maximum Gasteiger partial charge on any atom is 0.0324 e. The van der Waals surface area contributed by atoms with Gasteiger partial charge in [0, 0.05) is 18.0 Å². The van der Waals surface area contributed by atoms with Crippen molar-refractivity contribution in [1.82, 2.24) is 5.32 Å². The lowest BCUT2D eigenvalue weighted by atomic mass is 9.57. The van der Waals surface area contributed by atoms with Crippen molar-refractivity contribution in [2.24, 2.45) is 70.8 Å². The van der Waals surface area contributed by atoms with Crippen molar-refractivity contribution in [2.45, 2.75) is 123 Å². The third kappa shape index (κ3) is 7.75. The van der Waals surface area contributed by atoms with Crippen LogP contribution < -0.4 is 11.1 Å². The van der Waals surface area contributed by atoms with Gasteiger partial charge in [-0.15, -0.1) is 0 Å². The van der Waals surface area contributed by atoms with Gasteiger partial charge in [-0.2, -0.15) is 0 Å². The van der Waals surface area contributed by atoms with E-state index in [0.717, 1.165) is 65.7 Å². The maximum atomic E-state index is 6.23. The summed E-state index contributed by atoms with van der Waals surface area (Å²) in [4.78, 5) is 0. The molecule has 248 valence electrons. The van der Waals surface area contributed by atoms with Gasteiger partial charge < -0.3 is 11.1 Å². The van der Waals surface area contributed by atoms with Gasteiger partial charge in [0.2, 0.25) is 0 Å². The molecule has 6 aliphatic carbocycles. The van der Waals surface area contributed by atoms with E-state index in [1.165, 1.54) is 95.5 Å². The van der Waals surface area contributed by atoms with Gasteiger partial charge >= 0.3 is 0 Å². The van der Waals surface area contributed by atoms with Crippen molar-refractivity contribution in [3.05, 3.63) is 72.4 Å². The Kier molecular flexibility index (Phi) is 11.8. The lowest BCUT2D eigenvalue weighted by Gasteiger charge is -2.48. The zero-order chi connectivity index (χ0) is 31.2. The van der Waals surface area contributed by atoms with Crippen LogP contribution in [0.4, 0.5) is 0 Å². The average Bonchev–Trinajstić information content (AvgIpc) is 3.09. The van der Waals surface area contributed by atoms with E-state index in [9.17, 15) is 0 Å². The van der Waals surface area contributed by atoms with E-state index in [-0.39, 0.29) is 0 Å². The minimum absolute atomic E-state index is 0.483. The number of hydrogen-bond acceptors (Lipinski definition) is 2. The van der Waals surface area contributed by atoms with Crippen LogP contribution in [0.2, 0.25) is 0 Å². The first-order valence-corrected chi connectivity index (χ1v) is 19.6. The maximum absolute atomic E-state index is 6.23. The van der Waals surface area contributed by atoms with E-state index in [2.05, 4.69) is 92.9 Å². The lowest BCUT2D eigenvalue weighted by molar-refractivity contribution is 0.0462. The molecule has 2 fully saturated rings. The van der Waals surface area contributed by atoms with Crippen molar-refractivity contribution >= 4 is 0 Å². The minimum atomic E-state index is 0.483. The van der Waals surface area contributed by atoms with Crippen molar-refractivity contribution in [3.63, 3.8) is 0 Å². The fourth-order valence-electron chi connectivity index (χ4n) is 11.4. The van der Waals surface area contributed by atoms with Gasteiger partial charge in [-0.25, -0.2) is 0 Å². The van der Waals surface area contributed by atoms with E-state index in [1.807, 2.05) is 0 Å². The molecular weight excluding hydrogens is 544 g/mol. The number of allylic oxidation sites excluding steroid dienone is 10. The Labute approximate surface area is 277 Å². The smallest absolute Gasteiger partial charge is 0.0324 e. The minimum Gasteiger partial charge on any atom is -0.330 e. The fourth-order valence-corrected chi connectivity index (χ4v) is 11.4. The van der Waals surface area contributed by atoms with Gasteiger partial charge in [0.1, 0.15) is 0 Å². The van der Waals surface area contributed by atoms with Crippen molar-refractivity contribution < 1.29 is 0 Å². The number of hydrogen-bond donors (Lipinski definition) is 2. The van der Waals surface area contributed by atoms with E-state index < -0.39 is 0 Å². The highest BCUT2D eigenvalue weighted by molar-refractivity contribution is 5.35. The molecule has 0 radical (unpaired) electrons. The fraction of sp³-hybridized carbons (Fsp3) is 0.721. The SMILES string of the molecule is CCC(CN)C1CCC(C(CCC(C)C2CCC(C3C=CC=CC3)C3C=CCCC32)C(C)NC2C=CC=C3C=CCCC32)CC1. The van der Waals surface area contributed by atoms with Crippen LogP contribution in [0.1, 0.15) is 111 Å². The highest BCUT2D eigenvalue weighted by Gasteiger charge is 2.43. The zero-order valence-electron chi connectivity index (χ0n) is 29.0. The molecular formula is C43H66N2. The predicted molar refractivity (Wildman–Crippen MR) is 194 cm³/mol. The van der Waals surface area contributed by atoms with Gasteiger partial charge in [-0.05, 0) is 155 Å². The third-order valence-corrected chi connectivity index (χ3v) is 14.1. The van der Waals surface area contributed by atoms with Gasteiger partial charge in [-0.3, -0.25) is 0 Å². The quantitative estimate of drug-likeness (QED) is 0.216. The molecule has 0 heterocycles. The molecule has 11 atom stereocenters. The second kappa shape index (κ2) is 16.0. The Bertz CT molecular complexity index is 1110. The molecule has 3 N–H and O–H groups in total. The lowest BCUT2D eigenvalue weighted by Crippen LogP contribution is -2.47. The first-order valence-electron chi connectivity index (χ1n) is 19.6. The zero-order valence-corrected chi connectivity index (χ0v) is 29.0. The van der Waals surface area contributed by atoms with E-state index in [4.69, 9.17) is 5.73 Å². The summed E-state index contributed by atoms with van der Waals surface area (Å²) in [7, 11) is 0. The Hall–Kier alpha value is -1.64. The van der Waals surface area contributed by atoms with Crippen LogP contribution in [0.25, 0.3) is 0 Å². The third-order valence-electron chi connectivity index (χ3n) is 14.1. The molecule has 0 saturated heterocycles. The van der Waals surface area contributed by atoms with Gasteiger partial charge in [0.15, 0.2) is 0 Å². The molecule has 0 aliphatic heterocycles. The Morgan fingerprint density at radius 1 is 0.800 bits per heavy atom. The van der Waals surface area contributed by atoms with Crippen LogP contribution >= 0.6 is 0 Å². The summed E-state index contributed by atoms with van der Waals surface area (Å²) in [5.41, 5.74) is 7.77. The molecule has 6 rings (SSSR count). The molecule has 2 saturated carbocycles. The standard InChI is InChI=1S/C43H66N2/c1-4-32(29-44)33-22-24-36(25-23-33)38(31(3)45-43-20-12-16-35-15-8-9-17-40(35)43)26-21-30(2)37-27-28-39(34-13-6-5-7-14-34)42-19-11-10-18-41(37)42/h5-8,11-13,15-16,19-20,30-34,36-43,45H,4,9-10,14,17-18,21-29,44H2,1-3H3. The van der Waals surface area contributed by atoms with Crippen LogP contribution in [0.3, 0.4) is 0 Å². The highest BCUT2D eigenvalue weighted by atomic mass is 15.0. The summed E-state index contributed by atoms with van der Waals surface area (Å²) < 4.78 is 0. The number of fused-ring (bicyclic) bond motifs is 2. The Morgan fingerprint density at radius 2 is 1.62 bits per heavy atom. The van der Waals surface area contributed by atoms with Crippen LogP contribution in [0.5, 0.6) is 0 Å². The second-order valence-electron chi connectivity index (χ2n) is 16.3. The van der Waals surface area contributed by atoms with Crippen LogP contribution in [0.15, 0.2) is 72.4 Å². The molecule has 2 nitrogen and oxygen atoms in total. The first kappa shape index (κ1) is 33.3. The predicted octanol–water partition coefficient (Wildman–Crippen LogP) is 10.4. The average molecular weight is 611 g/mol. The van der Waals surface area contributed by atoms with E-state index >= 15 is 0 Å². The topological polar surface area (TPSA) is 38.0 Å². The van der Waals surface area contributed by atoms with Gasteiger partial charge in [0.25, 0.3) is 0 Å². The highest BCUT2D eigenvalue weighted by Crippen LogP contribution is 2.51.